The van der Waals surface area contributed by atoms with Crippen molar-refractivity contribution in [2.24, 2.45) is 0 Å². The van der Waals surface area contributed by atoms with Crippen LogP contribution in [0.15, 0.2) is 0 Å². The van der Waals surface area contributed by atoms with Gasteiger partial charge in [-0.25, -0.2) is 0 Å². The summed E-state index contributed by atoms with van der Waals surface area (Å²) in [6.45, 7) is 7.37. The zero-order valence-corrected chi connectivity index (χ0v) is 10.6. The van der Waals surface area contributed by atoms with E-state index in [-0.39, 0.29) is 20.4 Å². The maximum atomic E-state index is 4.01. The summed E-state index contributed by atoms with van der Waals surface area (Å²) in [7, 11) is 0. The van der Waals surface area contributed by atoms with Gasteiger partial charge >= 0.3 is 0 Å². The quantitative estimate of drug-likeness (QED) is 0.683. The fraction of sp³-hybridized carbons (Fsp3) is 0.750. The van der Waals surface area contributed by atoms with Crippen molar-refractivity contribution in [2.75, 3.05) is 6.54 Å². The molecule has 0 amide bonds. The van der Waals surface area contributed by atoms with Gasteiger partial charge in [0.2, 0.25) is 0 Å². The van der Waals surface area contributed by atoms with Gasteiger partial charge in [-0.15, -0.1) is 0 Å². The molecule has 0 saturated heterocycles. The Morgan fingerprint density at radius 2 is 2.15 bits per heavy atom. The van der Waals surface area contributed by atoms with Crippen molar-refractivity contribution >= 4 is 0 Å². The van der Waals surface area contributed by atoms with Crippen molar-refractivity contribution in [1.29, 1.82) is 0 Å². The molecule has 1 aliphatic heterocycles. The maximum Gasteiger partial charge on any atom is 0.0125 e. The number of hydrogen-bond acceptors (Lipinski definition) is 3. The first-order chi connectivity index (χ1) is 5.77. The Labute approximate surface area is 92.0 Å². The van der Waals surface area contributed by atoms with Crippen molar-refractivity contribution < 1.29 is 20.4 Å². The summed E-state index contributed by atoms with van der Waals surface area (Å²) in [5.74, 6) is 1.04. The van der Waals surface area contributed by atoms with E-state index in [1.165, 1.54) is 0 Å². The first-order valence-corrected chi connectivity index (χ1v) is 4.31. The van der Waals surface area contributed by atoms with Crippen LogP contribution in [0.25, 0.3) is 0 Å². The third-order valence-electron chi connectivity index (χ3n) is 2.33. The summed E-state index contributed by atoms with van der Waals surface area (Å²) in [4.78, 5) is 2.39. The third-order valence-corrected chi connectivity index (χ3v) is 2.33. The molecule has 2 rings (SSSR count). The molecule has 1 aromatic rings. The Morgan fingerprint density at radius 1 is 1.38 bits per heavy atom. The molecule has 1 radical (unpaired) electrons. The van der Waals surface area contributed by atoms with E-state index in [2.05, 4.69) is 35.3 Å². The molecule has 13 heavy (non-hydrogen) atoms. The number of aromatic nitrogens is 3. The average molecular weight is 351 g/mol. The minimum Gasteiger partial charge on any atom is -0.479 e. The molecule has 0 spiro atoms. The van der Waals surface area contributed by atoms with E-state index >= 15 is 0 Å². The Balaban J connectivity index is 0.000000845. The van der Waals surface area contributed by atoms with Crippen molar-refractivity contribution in [1.82, 2.24) is 19.7 Å². The van der Waals surface area contributed by atoms with Crippen LogP contribution in [0.1, 0.15) is 19.7 Å². The molecule has 5 heteroatoms. The van der Waals surface area contributed by atoms with Crippen molar-refractivity contribution in [3.8, 4) is 0 Å². The molecule has 73 valence electrons. The van der Waals surface area contributed by atoms with Gasteiger partial charge in [-0.3, -0.25) is 10.2 Å². The van der Waals surface area contributed by atoms with Gasteiger partial charge in [0, 0.05) is 39.6 Å². The van der Waals surface area contributed by atoms with Crippen LogP contribution in [0.5, 0.6) is 0 Å². The fourth-order valence-electron chi connectivity index (χ4n) is 1.47. The predicted octanol–water partition coefficient (Wildman–Crippen LogP) is 0.300. The predicted molar refractivity (Wildman–Crippen MR) is 44.4 cm³/mol. The van der Waals surface area contributed by atoms with E-state index in [0.29, 0.717) is 6.04 Å². The van der Waals surface area contributed by atoms with Gasteiger partial charge in [-0.05, 0) is 32.5 Å². The number of hydrogen-bond donors (Lipinski definition) is 0. The second kappa shape index (κ2) is 4.32. The molecule has 1 aromatic heterocycles. The van der Waals surface area contributed by atoms with Gasteiger partial charge < -0.3 is 9.47 Å². The summed E-state index contributed by atoms with van der Waals surface area (Å²) < 4.78 is 2.00. The molecular formula is C8H13N4Re-. The van der Waals surface area contributed by atoms with E-state index in [0.717, 1.165) is 25.5 Å². The van der Waals surface area contributed by atoms with E-state index in [9.17, 15) is 0 Å². The molecule has 4 nitrogen and oxygen atoms in total. The summed E-state index contributed by atoms with van der Waals surface area (Å²) in [5, 5.41) is 7.76. The van der Waals surface area contributed by atoms with Crippen LogP contribution < -0.4 is 0 Å². The minimum atomic E-state index is 0. The minimum absolute atomic E-state index is 0. The smallest absolute Gasteiger partial charge is 0.0125 e. The Morgan fingerprint density at radius 3 is 2.85 bits per heavy atom. The van der Waals surface area contributed by atoms with E-state index in [4.69, 9.17) is 0 Å². The monoisotopic (exact) mass is 352 g/mol. The van der Waals surface area contributed by atoms with Crippen LogP contribution in [-0.2, 0) is 33.5 Å². The van der Waals surface area contributed by atoms with E-state index in [1.807, 2.05) is 4.57 Å². The van der Waals surface area contributed by atoms with Crippen LogP contribution in [0.2, 0.25) is 0 Å². The molecule has 2 heterocycles. The van der Waals surface area contributed by atoms with E-state index in [1.54, 1.807) is 0 Å². The van der Waals surface area contributed by atoms with Crippen LogP contribution in [0, 0.1) is 6.33 Å². The van der Waals surface area contributed by atoms with Gasteiger partial charge in [0.1, 0.15) is 0 Å². The van der Waals surface area contributed by atoms with Gasteiger partial charge in [-0.2, -0.15) is 0 Å². The van der Waals surface area contributed by atoms with Crippen LogP contribution >= 0.6 is 0 Å². The van der Waals surface area contributed by atoms with E-state index < -0.39 is 0 Å². The maximum absolute atomic E-state index is 4.01. The fourth-order valence-corrected chi connectivity index (χ4v) is 1.47. The van der Waals surface area contributed by atoms with Gasteiger partial charge in [0.05, 0.1) is 0 Å². The summed E-state index contributed by atoms with van der Waals surface area (Å²) in [6, 6.07) is 0.593. The van der Waals surface area contributed by atoms with Crippen LogP contribution in [0.4, 0.5) is 0 Å². The third kappa shape index (κ3) is 2.16. The molecule has 0 bridgehead atoms. The van der Waals surface area contributed by atoms with Crippen molar-refractivity contribution in [2.45, 2.75) is 33.0 Å². The summed E-state index contributed by atoms with van der Waals surface area (Å²) >= 11 is 0. The van der Waals surface area contributed by atoms with Gasteiger partial charge in [-0.1, -0.05) is 0 Å². The standard InChI is InChI=1S/C8H13N4.Re/c1-7(2)11-3-4-12-6-9-10-8(12)5-11;/h7H,3-5H2,1-2H3;/q-1;. The van der Waals surface area contributed by atoms with Crippen molar-refractivity contribution in [3.63, 3.8) is 0 Å². The zero-order valence-electron chi connectivity index (χ0n) is 7.87. The SMILES string of the molecule is CC(C)N1CCn2[c-]nnc2C1.[Re]. The largest absolute Gasteiger partial charge is 0.479 e. The molecule has 0 N–H and O–H groups in total. The number of rotatable bonds is 1. The van der Waals surface area contributed by atoms with Crippen LogP contribution in [0.3, 0.4) is 0 Å². The topological polar surface area (TPSA) is 34.0 Å². The summed E-state index contributed by atoms with van der Waals surface area (Å²) in [6.07, 6.45) is 2.85. The first kappa shape index (κ1) is 10.8. The first-order valence-electron chi connectivity index (χ1n) is 4.31. The van der Waals surface area contributed by atoms with Gasteiger partial charge in [0.15, 0.2) is 0 Å². The second-order valence-electron chi connectivity index (χ2n) is 3.43. The Bertz CT molecular complexity index is 271. The average Bonchev–Trinajstić information content (AvgIpc) is 2.49. The summed E-state index contributed by atoms with van der Waals surface area (Å²) in [5.41, 5.74) is 0. The zero-order chi connectivity index (χ0) is 8.55. The number of nitrogens with zero attached hydrogens (tertiary/aromatic N) is 4. The van der Waals surface area contributed by atoms with Crippen LogP contribution in [-0.4, -0.2) is 32.3 Å². The Hall–Kier alpha value is -0.238. The molecule has 0 aliphatic carbocycles. The molecule has 0 aromatic carbocycles. The van der Waals surface area contributed by atoms with Gasteiger partial charge in [0.25, 0.3) is 0 Å². The second-order valence-corrected chi connectivity index (χ2v) is 3.43. The Kier molecular flexibility index (Phi) is 3.60. The molecule has 1 aliphatic rings. The molecule has 0 unspecified atom stereocenters. The number of fused-ring (bicyclic) bond motifs is 1. The normalized spacial score (nSPS) is 16.8. The molecule has 0 fully saturated rings. The molecular weight excluding hydrogens is 338 g/mol. The molecule has 0 saturated carbocycles. The van der Waals surface area contributed by atoms with Crippen molar-refractivity contribution in [3.05, 3.63) is 12.2 Å². The molecule has 0 atom stereocenters.